The van der Waals surface area contributed by atoms with Gasteiger partial charge < -0.3 is 14.7 Å². The van der Waals surface area contributed by atoms with Gasteiger partial charge in [0.05, 0.1) is 19.3 Å². The minimum Gasteiger partial charge on any atom is -0.389 e. The molecule has 1 atom stereocenters. The van der Waals surface area contributed by atoms with E-state index in [0.717, 1.165) is 56.2 Å². The summed E-state index contributed by atoms with van der Waals surface area (Å²) in [5, 5.41) is 10.5. The SMILES string of the molecule is O[C@@H](COCC12CC3CC(CC(C3)C1)C2)CN1CCN(c2ccc(F)cc2)CC1. The monoisotopic (exact) mass is 402 g/mol. The molecule has 5 aliphatic rings. The fourth-order valence-corrected chi connectivity index (χ4v) is 7.07. The van der Waals surface area contributed by atoms with Crippen molar-refractivity contribution in [1.82, 2.24) is 4.90 Å². The summed E-state index contributed by atoms with van der Waals surface area (Å²) >= 11 is 0. The third kappa shape index (κ3) is 4.47. The minimum absolute atomic E-state index is 0.191. The maximum absolute atomic E-state index is 13.1. The van der Waals surface area contributed by atoms with Crippen molar-refractivity contribution in [1.29, 1.82) is 0 Å². The first-order chi connectivity index (χ1) is 14.1. The molecule has 0 spiro atoms. The number of aliphatic hydroxyl groups is 1. The van der Waals surface area contributed by atoms with Crippen LogP contribution >= 0.6 is 0 Å². The van der Waals surface area contributed by atoms with E-state index in [2.05, 4.69) is 9.80 Å². The Bertz CT molecular complexity index is 651. The zero-order valence-electron chi connectivity index (χ0n) is 17.4. The molecule has 0 radical (unpaired) electrons. The third-order valence-corrected chi connectivity index (χ3v) is 7.92. The topological polar surface area (TPSA) is 35.9 Å². The Morgan fingerprint density at radius 1 is 0.966 bits per heavy atom. The molecule has 1 saturated heterocycles. The van der Waals surface area contributed by atoms with Crippen LogP contribution in [0.1, 0.15) is 38.5 Å². The van der Waals surface area contributed by atoms with Crippen LogP contribution < -0.4 is 4.90 Å². The second-order valence-corrected chi connectivity index (χ2v) is 10.4. The number of benzene rings is 1. The van der Waals surface area contributed by atoms with Crippen molar-refractivity contribution in [2.24, 2.45) is 23.2 Å². The van der Waals surface area contributed by atoms with Gasteiger partial charge in [-0.2, -0.15) is 0 Å². The second-order valence-electron chi connectivity index (χ2n) is 10.4. The molecule has 1 N–H and O–H groups in total. The molecule has 5 fully saturated rings. The number of rotatable bonds is 7. The van der Waals surface area contributed by atoms with Crippen LogP contribution in [0, 0.1) is 29.0 Å². The first-order valence-corrected chi connectivity index (χ1v) is 11.6. The molecule has 1 aliphatic heterocycles. The van der Waals surface area contributed by atoms with Crippen molar-refractivity contribution in [3.63, 3.8) is 0 Å². The van der Waals surface area contributed by atoms with Crippen LogP contribution in [0.25, 0.3) is 0 Å². The van der Waals surface area contributed by atoms with Gasteiger partial charge in [-0.3, -0.25) is 4.90 Å². The van der Waals surface area contributed by atoms with E-state index in [9.17, 15) is 9.50 Å². The Balaban J connectivity index is 1.03. The Morgan fingerprint density at radius 3 is 2.14 bits per heavy atom. The molecule has 1 aromatic rings. The van der Waals surface area contributed by atoms with Gasteiger partial charge in [-0.1, -0.05) is 0 Å². The first-order valence-electron chi connectivity index (χ1n) is 11.6. The molecule has 4 bridgehead atoms. The number of anilines is 1. The number of nitrogens with zero attached hydrogens (tertiary/aromatic N) is 2. The lowest BCUT2D eigenvalue weighted by Gasteiger charge is -2.56. The van der Waals surface area contributed by atoms with Gasteiger partial charge >= 0.3 is 0 Å². The number of halogens is 1. The van der Waals surface area contributed by atoms with Crippen molar-refractivity contribution in [3.05, 3.63) is 30.1 Å². The highest BCUT2D eigenvalue weighted by Crippen LogP contribution is 2.60. The van der Waals surface area contributed by atoms with Crippen LogP contribution in [0.3, 0.4) is 0 Å². The number of aliphatic hydroxyl groups excluding tert-OH is 1. The molecular formula is C24H35FN2O2. The van der Waals surface area contributed by atoms with Crippen LogP contribution in [0.4, 0.5) is 10.1 Å². The van der Waals surface area contributed by atoms with Crippen LogP contribution in [-0.2, 0) is 4.74 Å². The van der Waals surface area contributed by atoms with Crippen LogP contribution in [0.15, 0.2) is 24.3 Å². The molecule has 1 heterocycles. The van der Waals surface area contributed by atoms with Gasteiger partial charge in [0.1, 0.15) is 5.82 Å². The van der Waals surface area contributed by atoms with Gasteiger partial charge in [0.2, 0.25) is 0 Å². The van der Waals surface area contributed by atoms with E-state index in [1.54, 1.807) is 0 Å². The second kappa shape index (κ2) is 8.16. The van der Waals surface area contributed by atoms with Crippen molar-refractivity contribution in [2.75, 3.05) is 50.8 Å². The summed E-state index contributed by atoms with van der Waals surface area (Å²) < 4.78 is 19.2. The van der Waals surface area contributed by atoms with E-state index in [4.69, 9.17) is 4.74 Å². The van der Waals surface area contributed by atoms with E-state index in [-0.39, 0.29) is 5.82 Å². The largest absolute Gasteiger partial charge is 0.389 e. The maximum Gasteiger partial charge on any atom is 0.123 e. The van der Waals surface area contributed by atoms with E-state index in [1.165, 1.54) is 50.7 Å². The van der Waals surface area contributed by atoms with E-state index in [0.29, 0.717) is 18.6 Å². The summed E-state index contributed by atoms with van der Waals surface area (Å²) in [6.45, 7) is 5.65. The number of hydrogen-bond acceptors (Lipinski definition) is 4. The van der Waals surface area contributed by atoms with Crippen molar-refractivity contribution in [2.45, 2.75) is 44.6 Å². The Kier molecular flexibility index (Phi) is 5.57. The highest BCUT2D eigenvalue weighted by Gasteiger charge is 2.50. The summed E-state index contributed by atoms with van der Waals surface area (Å²) in [4.78, 5) is 4.60. The van der Waals surface area contributed by atoms with Crippen molar-refractivity contribution in [3.8, 4) is 0 Å². The molecule has 29 heavy (non-hydrogen) atoms. The Morgan fingerprint density at radius 2 is 1.55 bits per heavy atom. The predicted octanol–water partition coefficient (Wildman–Crippen LogP) is 3.54. The lowest BCUT2D eigenvalue weighted by Crippen LogP contribution is -2.50. The molecule has 0 unspecified atom stereocenters. The Labute approximate surface area is 174 Å². The summed E-state index contributed by atoms with van der Waals surface area (Å²) in [6, 6.07) is 6.73. The molecule has 0 aromatic heterocycles. The first kappa shape index (κ1) is 19.8. The normalized spacial score (nSPS) is 35.2. The lowest BCUT2D eigenvalue weighted by molar-refractivity contribution is -0.107. The predicted molar refractivity (Wildman–Crippen MR) is 112 cm³/mol. The van der Waals surface area contributed by atoms with Crippen molar-refractivity contribution < 1.29 is 14.2 Å². The maximum atomic E-state index is 13.1. The molecule has 160 valence electrons. The summed E-state index contributed by atoms with van der Waals surface area (Å²) in [5.41, 5.74) is 1.50. The Hall–Kier alpha value is -1.17. The molecular weight excluding hydrogens is 367 g/mol. The lowest BCUT2D eigenvalue weighted by atomic mass is 9.50. The molecule has 5 heteroatoms. The highest BCUT2D eigenvalue weighted by atomic mass is 19.1. The van der Waals surface area contributed by atoms with Gasteiger partial charge in [-0.05, 0) is 86.0 Å². The zero-order valence-corrected chi connectivity index (χ0v) is 17.4. The molecule has 0 amide bonds. The van der Waals surface area contributed by atoms with Crippen LogP contribution in [-0.4, -0.2) is 62.0 Å². The van der Waals surface area contributed by atoms with Crippen LogP contribution in [0.2, 0.25) is 0 Å². The van der Waals surface area contributed by atoms with E-state index < -0.39 is 6.10 Å². The van der Waals surface area contributed by atoms with Crippen molar-refractivity contribution >= 4 is 5.69 Å². The fourth-order valence-electron chi connectivity index (χ4n) is 7.07. The molecule has 1 aromatic carbocycles. The average molecular weight is 403 g/mol. The standard InChI is InChI=1S/C24H35FN2O2/c25-21-1-3-22(4-2-21)27-7-5-26(6-8-27)15-23(28)16-29-17-24-12-18-9-19(13-24)11-20(10-18)14-24/h1-4,18-20,23,28H,5-17H2/t18?,19?,20?,23-,24?/m1/s1. The van der Waals surface area contributed by atoms with Gasteiger partial charge in [0, 0.05) is 38.4 Å². The van der Waals surface area contributed by atoms with Gasteiger partial charge in [-0.25, -0.2) is 4.39 Å². The quantitative estimate of drug-likeness (QED) is 0.757. The molecule has 4 aliphatic carbocycles. The molecule has 4 saturated carbocycles. The number of ether oxygens (including phenoxy) is 1. The van der Waals surface area contributed by atoms with Gasteiger partial charge in [-0.15, -0.1) is 0 Å². The van der Waals surface area contributed by atoms with E-state index >= 15 is 0 Å². The molecule has 4 nitrogen and oxygen atoms in total. The third-order valence-electron chi connectivity index (χ3n) is 7.92. The summed E-state index contributed by atoms with van der Waals surface area (Å²) in [7, 11) is 0. The summed E-state index contributed by atoms with van der Waals surface area (Å²) in [5.74, 6) is 2.66. The zero-order chi connectivity index (χ0) is 19.8. The average Bonchev–Trinajstić information content (AvgIpc) is 2.68. The number of β-amino-alcohol motifs (C(OH)–C–C–N with tert-alkyl or cyclic N) is 1. The number of piperazine rings is 1. The minimum atomic E-state index is -0.415. The number of hydrogen-bond donors (Lipinski definition) is 1. The van der Waals surface area contributed by atoms with Gasteiger partial charge in [0.25, 0.3) is 0 Å². The smallest absolute Gasteiger partial charge is 0.123 e. The molecule has 6 rings (SSSR count). The highest BCUT2D eigenvalue weighted by molar-refractivity contribution is 5.46. The van der Waals surface area contributed by atoms with Gasteiger partial charge in [0.15, 0.2) is 0 Å². The fraction of sp³-hybridized carbons (Fsp3) is 0.750. The van der Waals surface area contributed by atoms with Crippen LogP contribution in [0.5, 0.6) is 0 Å². The summed E-state index contributed by atoms with van der Waals surface area (Å²) in [6.07, 6.45) is 8.06. The van der Waals surface area contributed by atoms with E-state index in [1.807, 2.05) is 12.1 Å².